The molecule has 1 aliphatic heterocycles. The molecule has 2 aromatic rings. The lowest BCUT2D eigenvalue weighted by Gasteiger charge is -2.31. The van der Waals surface area contributed by atoms with Crippen LogP contribution < -0.4 is 5.32 Å². The first-order valence-corrected chi connectivity index (χ1v) is 6.66. The third kappa shape index (κ3) is 1.90. The largest absolute Gasteiger partial charge is 0.371 e. The number of aromatic nitrogens is 2. The van der Waals surface area contributed by atoms with Crippen LogP contribution in [0.4, 0.5) is 5.69 Å². The van der Waals surface area contributed by atoms with Crippen LogP contribution in [-0.2, 0) is 0 Å². The quantitative estimate of drug-likeness (QED) is 0.846. The number of benzene rings is 1. The summed E-state index contributed by atoms with van der Waals surface area (Å²) in [4.78, 5) is 12.6. The Bertz CT molecular complexity index is 696. The van der Waals surface area contributed by atoms with Gasteiger partial charge >= 0.3 is 0 Å². The molecule has 0 fully saturated rings. The van der Waals surface area contributed by atoms with E-state index in [0.29, 0.717) is 16.3 Å². The molecule has 3 rings (SSSR count). The van der Waals surface area contributed by atoms with Crippen molar-refractivity contribution >= 4 is 23.1 Å². The van der Waals surface area contributed by atoms with Crippen LogP contribution >= 0.6 is 11.6 Å². The number of aryl methyl sites for hydroxylation is 2. The normalized spacial score (nSPS) is 21.5. The monoisotopic (exact) mass is 291 g/mol. The van der Waals surface area contributed by atoms with E-state index < -0.39 is 12.3 Å². The minimum absolute atomic E-state index is 0.169. The second kappa shape index (κ2) is 4.61. The number of fused-ring (bicyclic) bond motifs is 1. The summed E-state index contributed by atoms with van der Waals surface area (Å²) in [5.41, 5.74) is 2.72. The Balaban J connectivity index is 2.11. The van der Waals surface area contributed by atoms with Gasteiger partial charge in [-0.05, 0) is 37.6 Å². The van der Waals surface area contributed by atoms with Crippen molar-refractivity contribution in [3.05, 3.63) is 46.2 Å². The molecular formula is C14H14ClN3O2. The fourth-order valence-corrected chi connectivity index (χ4v) is 2.63. The summed E-state index contributed by atoms with van der Waals surface area (Å²) in [6.45, 7) is 3.69. The van der Waals surface area contributed by atoms with Gasteiger partial charge in [-0.15, -0.1) is 0 Å². The van der Waals surface area contributed by atoms with Crippen molar-refractivity contribution in [1.82, 2.24) is 9.78 Å². The molecule has 0 spiro atoms. The zero-order valence-electron chi connectivity index (χ0n) is 11.1. The smallest absolute Gasteiger partial charge is 0.194 e. The fraction of sp³-hybridized carbons (Fsp3) is 0.286. The van der Waals surface area contributed by atoms with Gasteiger partial charge in [0, 0.05) is 28.2 Å². The molecule has 0 amide bonds. The number of hydrogen-bond donors (Lipinski definition) is 2. The molecule has 5 nitrogen and oxygen atoms in total. The van der Waals surface area contributed by atoms with Crippen molar-refractivity contribution in [2.75, 3.05) is 5.32 Å². The molecule has 1 aromatic heterocycles. The van der Waals surface area contributed by atoms with Crippen LogP contribution in [0.5, 0.6) is 0 Å². The molecule has 6 heteroatoms. The lowest BCUT2D eigenvalue weighted by Crippen LogP contribution is -2.41. The first kappa shape index (κ1) is 13.1. The van der Waals surface area contributed by atoms with E-state index in [1.165, 1.54) is 4.68 Å². The first-order valence-electron chi connectivity index (χ1n) is 6.28. The molecule has 2 atom stereocenters. The minimum Gasteiger partial charge on any atom is -0.371 e. The summed E-state index contributed by atoms with van der Waals surface area (Å²) in [7, 11) is 0. The van der Waals surface area contributed by atoms with E-state index in [0.717, 1.165) is 11.3 Å². The molecule has 0 bridgehead atoms. The van der Waals surface area contributed by atoms with Gasteiger partial charge in [0.15, 0.2) is 18.1 Å². The van der Waals surface area contributed by atoms with Gasteiger partial charge in [-0.3, -0.25) is 9.48 Å². The van der Waals surface area contributed by atoms with Gasteiger partial charge in [0.05, 0.1) is 0 Å². The predicted octanol–water partition coefficient (Wildman–Crippen LogP) is 2.32. The predicted molar refractivity (Wildman–Crippen MR) is 76.2 cm³/mol. The Morgan fingerprint density at radius 2 is 2.15 bits per heavy atom. The van der Waals surface area contributed by atoms with Crippen LogP contribution in [0.2, 0.25) is 5.02 Å². The summed E-state index contributed by atoms with van der Waals surface area (Å²) in [5.74, 6) is -0.169. The van der Waals surface area contributed by atoms with Gasteiger partial charge in [-0.2, -0.15) is 5.10 Å². The molecular weight excluding hydrogens is 278 g/mol. The number of Topliss-reactive ketones (excluding diaryl/α,β-unsaturated/α-hetero) is 1. The molecule has 2 unspecified atom stereocenters. The number of nitrogens with one attached hydrogen (secondary N) is 1. The fourth-order valence-electron chi connectivity index (χ4n) is 2.46. The maximum absolute atomic E-state index is 12.6. The van der Waals surface area contributed by atoms with E-state index in [9.17, 15) is 9.90 Å². The van der Waals surface area contributed by atoms with Gasteiger partial charge < -0.3 is 10.4 Å². The Hall–Kier alpha value is -1.85. The number of carbonyl (C=O) groups is 1. The number of carbonyl (C=O) groups excluding carboxylic acids is 1. The highest BCUT2D eigenvalue weighted by Gasteiger charge is 2.37. The number of aliphatic hydroxyl groups excluding tert-OH is 1. The van der Waals surface area contributed by atoms with Gasteiger partial charge in [-0.1, -0.05) is 11.6 Å². The van der Waals surface area contributed by atoms with Crippen LogP contribution in [0.25, 0.3) is 0 Å². The third-order valence-corrected chi connectivity index (χ3v) is 3.97. The van der Waals surface area contributed by atoms with Gasteiger partial charge in [0.1, 0.15) is 0 Å². The van der Waals surface area contributed by atoms with Crippen LogP contribution in [0.1, 0.15) is 27.7 Å². The molecule has 1 aliphatic rings. The first-order chi connectivity index (χ1) is 9.49. The van der Waals surface area contributed by atoms with E-state index in [2.05, 4.69) is 10.4 Å². The van der Waals surface area contributed by atoms with Crippen LogP contribution in [0.3, 0.4) is 0 Å². The number of rotatable bonds is 1. The summed E-state index contributed by atoms with van der Waals surface area (Å²) in [6.07, 6.45) is 0.574. The Labute approximate surface area is 121 Å². The topological polar surface area (TPSA) is 67.2 Å². The number of ketones is 1. The Morgan fingerprint density at radius 1 is 1.40 bits per heavy atom. The molecule has 20 heavy (non-hydrogen) atoms. The van der Waals surface area contributed by atoms with Gasteiger partial charge in [0.25, 0.3) is 0 Å². The van der Waals surface area contributed by atoms with E-state index in [1.807, 2.05) is 13.8 Å². The molecule has 0 saturated heterocycles. The minimum atomic E-state index is -1.03. The zero-order valence-corrected chi connectivity index (χ0v) is 11.8. The van der Waals surface area contributed by atoms with E-state index in [-0.39, 0.29) is 5.78 Å². The number of nitrogens with zero attached hydrogens (tertiary/aromatic N) is 2. The molecule has 0 radical (unpaired) electrons. The van der Waals surface area contributed by atoms with E-state index in [4.69, 9.17) is 11.6 Å². The second-order valence-corrected chi connectivity index (χ2v) is 5.37. The van der Waals surface area contributed by atoms with Crippen molar-refractivity contribution in [3.8, 4) is 0 Å². The molecule has 104 valence electrons. The van der Waals surface area contributed by atoms with Gasteiger partial charge in [-0.25, -0.2) is 0 Å². The highest BCUT2D eigenvalue weighted by Crippen LogP contribution is 2.34. The van der Waals surface area contributed by atoms with Crippen molar-refractivity contribution < 1.29 is 9.90 Å². The molecule has 0 saturated carbocycles. The molecule has 0 aliphatic carbocycles. The molecule has 1 aromatic carbocycles. The average Bonchev–Trinajstić information content (AvgIpc) is 2.79. The number of halogens is 1. The highest BCUT2D eigenvalue weighted by atomic mass is 35.5. The number of anilines is 1. The SMILES string of the molecule is Cc1cc2c(cc1Cl)NC(O)C(n1nccc1C)C2=O. The van der Waals surface area contributed by atoms with Crippen molar-refractivity contribution in [2.24, 2.45) is 0 Å². The van der Waals surface area contributed by atoms with Crippen molar-refractivity contribution in [1.29, 1.82) is 0 Å². The Kier molecular flexibility index (Phi) is 3.03. The van der Waals surface area contributed by atoms with Crippen molar-refractivity contribution in [3.63, 3.8) is 0 Å². The second-order valence-electron chi connectivity index (χ2n) is 4.96. The number of hydrogen-bond acceptors (Lipinski definition) is 4. The maximum Gasteiger partial charge on any atom is 0.194 e. The highest BCUT2D eigenvalue weighted by molar-refractivity contribution is 6.32. The van der Waals surface area contributed by atoms with Gasteiger partial charge in [0.2, 0.25) is 0 Å². The maximum atomic E-state index is 12.6. The van der Waals surface area contributed by atoms with Crippen LogP contribution in [0.15, 0.2) is 24.4 Å². The molecule has 2 N–H and O–H groups in total. The lowest BCUT2D eigenvalue weighted by molar-refractivity contribution is 0.0717. The third-order valence-electron chi connectivity index (χ3n) is 3.57. The summed E-state index contributed by atoms with van der Waals surface area (Å²) < 4.78 is 1.53. The Morgan fingerprint density at radius 3 is 2.80 bits per heavy atom. The van der Waals surface area contributed by atoms with E-state index >= 15 is 0 Å². The lowest BCUT2D eigenvalue weighted by atomic mass is 9.95. The van der Waals surface area contributed by atoms with Crippen LogP contribution in [0, 0.1) is 13.8 Å². The number of aliphatic hydroxyl groups is 1. The summed E-state index contributed by atoms with van der Waals surface area (Å²) >= 11 is 6.05. The molecule has 2 heterocycles. The summed E-state index contributed by atoms with van der Waals surface area (Å²) in [6, 6.07) is 4.44. The standard InChI is InChI=1S/C14H14ClN3O2/c1-7-5-9-11(6-10(7)15)17-14(20)12(13(9)19)18-8(2)3-4-16-18/h3-6,12,14,17,20H,1-2H3. The van der Waals surface area contributed by atoms with Crippen molar-refractivity contribution in [2.45, 2.75) is 26.1 Å². The van der Waals surface area contributed by atoms with E-state index in [1.54, 1.807) is 24.4 Å². The van der Waals surface area contributed by atoms with Crippen LogP contribution in [-0.4, -0.2) is 26.9 Å². The zero-order chi connectivity index (χ0) is 14.4. The average molecular weight is 292 g/mol. The summed E-state index contributed by atoms with van der Waals surface area (Å²) in [5, 5.41) is 17.8.